The zero-order chi connectivity index (χ0) is 28.1. The van der Waals surface area contributed by atoms with Crippen LogP contribution in [-0.2, 0) is 16.2 Å². The van der Waals surface area contributed by atoms with Gasteiger partial charge in [0.05, 0.1) is 11.5 Å². The molecule has 1 saturated heterocycles. The van der Waals surface area contributed by atoms with Gasteiger partial charge in [-0.3, -0.25) is 19.3 Å². The summed E-state index contributed by atoms with van der Waals surface area (Å²) in [5.41, 5.74) is 2.70. The molecule has 7 nitrogen and oxygen atoms in total. The van der Waals surface area contributed by atoms with Crippen LogP contribution >= 0.6 is 46.6 Å². The Labute approximate surface area is 245 Å². The van der Waals surface area contributed by atoms with E-state index in [1.807, 2.05) is 13.8 Å². The van der Waals surface area contributed by atoms with Crippen molar-refractivity contribution < 1.29 is 23.9 Å². The molecule has 0 saturated carbocycles. The first-order valence-electron chi connectivity index (χ1n) is 11.8. The number of imide groups is 1. The van der Waals surface area contributed by atoms with Gasteiger partial charge in [0.2, 0.25) is 5.91 Å². The fourth-order valence-electron chi connectivity index (χ4n) is 3.65. The molecule has 0 atom stereocenters. The minimum Gasteiger partial charge on any atom is -0.490 e. The number of aryl methyl sites for hydroxylation is 1. The number of amides is 3. The van der Waals surface area contributed by atoms with Crippen molar-refractivity contribution in [2.45, 2.75) is 20.5 Å². The van der Waals surface area contributed by atoms with Gasteiger partial charge in [0.25, 0.3) is 11.1 Å². The molecule has 0 unspecified atom stereocenters. The monoisotopic (exact) mass is 604 g/mol. The smallest absolute Gasteiger partial charge is 0.294 e. The van der Waals surface area contributed by atoms with E-state index in [4.69, 9.17) is 44.3 Å². The van der Waals surface area contributed by atoms with Crippen LogP contribution in [-0.4, -0.2) is 35.1 Å². The molecule has 39 heavy (non-hydrogen) atoms. The number of thioether (sulfide) groups is 1. The SMILES string of the molecule is CCOc1cc(/C=C2/SC(=O)N(CC(=O)Nc3cc(Cl)ccc3C)C2=O)ccc1OCc1ccc(Cl)cc1Cl. The number of ether oxygens (including phenoxy) is 2. The Morgan fingerprint density at radius 2 is 1.72 bits per heavy atom. The minimum absolute atomic E-state index is 0.191. The van der Waals surface area contributed by atoms with Gasteiger partial charge in [-0.05, 0) is 79.2 Å². The quantitative estimate of drug-likeness (QED) is 0.253. The predicted octanol–water partition coefficient (Wildman–Crippen LogP) is 7.61. The summed E-state index contributed by atoms with van der Waals surface area (Å²) >= 11 is 19.0. The first kappa shape index (κ1) is 28.8. The van der Waals surface area contributed by atoms with E-state index in [1.54, 1.807) is 60.7 Å². The van der Waals surface area contributed by atoms with Crippen molar-refractivity contribution in [3.8, 4) is 11.5 Å². The van der Waals surface area contributed by atoms with Gasteiger partial charge < -0.3 is 14.8 Å². The Balaban J connectivity index is 1.46. The fraction of sp³-hybridized carbons (Fsp3) is 0.179. The van der Waals surface area contributed by atoms with Crippen LogP contribution in [0, 0.1) is 6.92 Å². The van der Waals surface area contributed by atoms with Crippen molar-refractivity contribution in [3.63, 3.8) is 0 Å². The van der Waals surface area contributed by atoms with Crippen molar-refractivity contribution in [1.82, 2.24) is 4.90 Å². The number of hydrogen-bond donors (Lipinski definition) is 1. The maximum atomic E-state index is 13.0. The van der Waals surface area contributed by atoms with Crippen LogP contribution in [0.4, 0.5) is 10.5 Å². The summed E-state index contributed by atoms with van der Waals surface area (Å²) in [4.78, 5) is 39.2. The van der Waals surface area contributed by atoms with E-state index in [1.165, 1.54) is 0 Å². The van der Waals surface area contributed by atoms with Crippen LogP contribution in [0.25, 0.3) is 6.08 Å². The zero-order valence-electron chi connectivity index (χ0n) is 20.9. The lowest BCUT2D eigenvalue weighted by Gasteiger charge is -2.14. The van der Waals surface area contributed by atoms with Gasteiger partial charge in [-0.1, -0.05) is 53.0 Å². The molecule has 0 aromatic heterocycles. The van der Waals surface area contributed by atoms with Gasteiger partial charge in [-0.25, -0.2) is 0 Å². The van der Waals surface area contributed by atoms with Gasteiger partial charge in [0.15, 0.2) is 11.5 Å². The molecule has 0 bridgehead atoms. The molecule has 11 heteroatoms. The number of rotatable bonds is 9. The third-order valence-corrected chi connectivity index (χ3v) is 7.34. The van der Waals surface area contributed by atoms with Crippen LogP contribution in [0.2, 0.25) is 15.1 Å². The maximum absolute atomic E-state index is 13.0. The first-order chi connectivity index (χ1) is 18.6. The summed E-state index contributed by atoms with van der Waals surface area (Å²) in [6.45, 7) is 3.82. The van der Waals surface area contributed by atoms with Gasteiger partial charge >= 0.3 is 0 Å². The highest BCUT2D eigenvalue weighted by atomic mass is 35.5. The van der Waals surface area contributed by atoms with Crippen molar-refractivity contribution in [2.24, 2.45) is 0 Å². The molecule has 1 N–H and O–H groups in total. The molecule has 0 aliphatic carbocycles. The second kappa shape index (κ2) is 12.8. The van der Waals surface area contributed by atoms with E-state index >= 15 is 0 Å². The van der Waals surface area contributed by atoms with E-state index < -0.39 is 23.6 Å². The Morgan fingerprint density at radius 1 is 0.974 bits per heavy atom. The second-order valence-electron chi connectivity index (χ2n) is 8.44. The highest BCUT2D eigenvalue weighted by Gasteiger charge is 2.36. The van der Waals surface area contributed by atoms with E-state index in [0.29, 0.717) is 44.4 Å². The Hall–Kier alpha value is -3.17. The van der Waals surface area contributed by atoms with E-state index in [0.717, 1.165) is 27.8 Å². The average molecular weight is 606 g/mol. The van der Waals surface area contributed by atoms with E-state index in [9.17, 15) is 14.4 Å². The summed E-state index contributed by atoms with van der Waals surface area (Å²) in [6.07, 6.45) is 1.58. The predicted molar refractivity (Wildman–Crippen MR) is 156 cm³/mol. The molecule has 1 fully saturated rings. The standard InChI is InChI=1S/C28H23Cl3N2O5S/c1-3-37-24-10-17(5-9-23(24)38-15-18-6-8-19(29)12-21(18)31)11-25-27(35)33(28(36)39-25)14-26(34)32-22-13-20(30)7-4-16(22)2/h4-13H,3,14-15H2,1-2H3,(H,32,34)/b25-11+. The number of nitrogens with one attached hydrogen (secondary N) is 1. The molecule has 3 amide bonds. The number of nitrogens with zero attached hydrogens (tertiary/aromatic N) is 1. The van der Waals surface area contributed by atoms with Crippen molar-refractivity contribution in [3.05, 3.63) is 91.3 Å². The average Bonchev–Trinajstić information content (AvgIpc) is 3.14. The highest BCUT2D eigenvalue weighted by molar-refractivity contribution is 8.18. The van der Waals surface area contributed by atoms with Gasteiger partial charge in [-0.2, -0.15) is 0 Å². The Kier molecular flexibility index (Phi) is 9.45. The molecule has 3 aromatic rings. The normalized spacial score (nSPS) is 14.2. The lowest BCUT2D eigenvalue weighted by molar-refractivity contribution is -0.127. The maximum Gasteiger partial charge on any atom is 0.294 e. The van der Waals surface area contributed by atoms with Crippen LogP contribution in [0.15, 0.2) is 59.5 Å². The Morgan fingerprint density at radius 3 is 2.46 bits per heavy atom. The number of anilines is 1. The van der Waals surface area contributed by atoms with Crippen LogP contribution in [0.1, 0.15) is 23.6 Å². The second-order valence-corrected chi connectivity index (χ2v) is 10.7. The molecule has 0 spiro atoms. The molecule has 1 aliphatic heterocycles. The Bertz CT molecular complexity index is 1480. The molecule has 1 aliphatic rings. The largest absolute Gasteiger partial charge is 0.490 e. The third-order valence-electron chi connectivity index (χ3n) is 5.61. The van der Waals surface area contributed by atoms with Crippen molar-refractivity contribution in [1.29, 1.82) is 0 Å². The van der Waals surface area contributed by atoms with Crippen LogP contribution in [0.3, 0.4) is 0 Å². The van der Waals surface area contributed by atoms with Gasteiger partial charge in [0, 0.05) is 26.3 Å². The molecule has 0 radical (unpaired) electrons. The summed E-state index contributed by atoms with van der Waals surface area (Å²) in [5, 5.41) is 3.65. The fourth-order valence-corrected chi connectivity index (χ4v) is 5.12. The lowest BCUT2D eigenvalue weighted by Crippen LogP contribution is -2.36. The molecular formula is C28H23Cl3N2O5S. The van der Waals surface area contributed by atoms with Crippen molar-refractivity contribution in [2.75, 3.05) is 18.5 Å². The molecular weight excluding hydrogens is 583 g/mol. The van der Waals surface area contributed by atoms with E-state index in [-0.39, 0.29) is 11.5 Å². The van der Waals surface area contributed by atoms with E-state index in [2.05, 4.69) is 5.32 Å². The molecule has 1 heterocycles. The highest BCUT2D eigenvalue weighted by Crippen LogP contribution is 2.35. The summed E-state index contributed by atoms with van der Waals surface area (Å²) < 4.78 is 11.7. The van der Waals surface area contributed by atoms with Gasteiger partial charge in [0.1, 0.15) is 13.2 Å². The molecule has 4 rings (SSSR count). The number of benzene rings is 3. The zero-order valence-corrected chi connectivity index (χ0v) is 24.0. The molecule has 202 valence electrons. The number of carbonyl (C=O) groups excluding carboxylic acids is 3. The summed E-state index contributed by atoms with van der Waals surface area (Å²) in [6, 6.07) is 15.4. The first-order valence-corrected chi connectivity index (χ1v) is 13.7. The van der Waals surface area contributed by atoms with Crippen LogP contribution in [0.5, 0.6) is 11.5 Å². The number of carbonyl (C=O) groups is 3. The summed E-state index contributed by atoms with van der Waals surface area (Å²) in [5.74, 6) is -0.114. The number of hydrogen-bond acceptors (Lipinski definition) is 6. The lowest BCUT2D eigenvalue weighted by atomic mass is 10.1. The van der Waals surface area contributed by atoms with Crippen molar-refractivity contribution >= 4 is 75.4 Å². The third kappa shape index (κ3) is 7.28. The minimum atomic E-state index is -0.557. The van der Waals surface area contributed by atoms with Gasteiger partial charge in [-0.15, -0.1) is 0 Å². The molecule has 3 aromatic carbocycles. The topological polar surface area (TPSA) is 84.9 Å². The van der Waals surface area contributed by atoms with Crippen LogP contribution < -0.4 is 14.8 Å². The number of halogens is 3. The summed E-state index contributed by atoms with van der Waals surface area (Å²) in [7, 11) is 0.